The van der Waals surface area contributed by atoms with Gasteiger partial charge in [-0.25, -0.2) is 4.79 Å². The van der Waals surface area contributed by atoms with Gasteiger partial charge in [0.2, 0.25) is 5.76 Å². The third-order valence-electron chi connectivity index (χ3n) is 3.30. The minimum atomic E-state index is -0.527. The Kier molecular flexibility index (Phi) is 4.38. The average Bonchev–Trinajstić information content (AvgIpc) is 3.04. The fourth-order valence-electron chi connectivity index (χ4n) is 2.13. The lowest BCUT2D eigenvalue weighted by Crippen LogP contribution is -2.17. The van der Waals surface area contributed by atoms with Gasteiger partial charge in [0.1, 0.15) is 12.4 Å². The smallest absolute Gasteiger partial charge is 0.374 e. The van der Waals surface area contributed by atoms with E-state index in [0.717, 1.165) is 5.56 Å². The number of ether oxygens (including phenoxy) is 1. The Morgan fingerprint density at radius 3 is 2.57 bits per heavy atom. The number of hydrogen-bond acceptors (Lipinski definition) is 4. The van der Waals surface area contributed by atoms with E-state index in [1.165, 1.54) is 10.6 Å². The summed E-state index contributed by atoms with van der Waals surface area (Å²) in [6.07, 6.45) is 1.66. The van der Waals surface area contributed by atoms with Gasteiger partial charge in [0.25, 0.3) is 5.56 Å². The Morgan fingerprint density at radius 2 is 1.78 bits per heavy atom. The van der Waals surface area contributed by atoms with E-state index in [2.05, 4.69) is 0 Å². The van der Waals surface area contributed by atoms with Crippen molar-refractivity contribution in [2.24, 2.45) is 0 Å². The lowest BCUT2D eigenvalue weighted by molar-refractivity contribution is 0.0434. The van der Waals surface area contributed by atoms with Gasteiger partial charge >= 0.3 is 5.97 Å². The maximum Gasteiger partial charge on any atom is 0.374 e. The molecule has 23 heavy (non-hydrogen) atoms. The molecule has 0 bridgehead atoms. The number of hydrogen-bond donors (Lipinski definition) is 0. The van der Waals surface area contributed by atoms with Crippen molar-refractivity contribution >= 4 is 5.97 Å². The molecule has 0 N–H and O–H groups in total. The summed E-state index contributed by atoms with van der Waals surface area (Å²) in [6.45, 7) is 0.458. The molecule has 0 atom stereocenters. The van der Waals surface area contributed by atoms with E-state index in [1.807, 2.05) is 30.3 Å². The van der Waals surface area contributed by atoms with Crippen molar-refractivity contribution in [3.05, 3.63) is 94.3 Å². The second-order valence-electron chi connectivity index (χ2n) is 4.99. The van der Waals surface area contributed by atoms with Crippen LogP contribution in [0, 0.1) is 0 Å². The van der Waals surface area contributed by atoms with Crippen molar-refractivity contribution in [3.63, 3.8) is 0 Å². The zero-order chi connectivity index (χ0) is 16.1. The van der Waals surface area contributed by atoms with E-state index in [4.69, 9.17) is 9.15 Å². The van der Waals surface area contributed by atoms with Crippen LogP contribution in [-0.4, -0.2) is 10.5 Å². The monoisotopic (exact) mass is 309 g/mol. The topological polar surface area (TPSA) is 61.4 Å². The largest absolute Gasteiger partial charge is 0.455 e. The van der Waals surface area contributed by atoms with Crippen LogP contribution in [0.1, 0.15) is 21.9 Å². The number of rotatable bonds is 5. The highest BCUT2D eigenvalue weighted by Gasteiger charge is 2.13. The molecule has 5 nitrogen and oxygen atoms in total. The lowest BCUT2D eigenvalue weighted by atomic mass is 10.2. The second-order valence-corrected chi connectivity index (χ2v) is 4.99. The van der Waals surface area contributed by atoms with E-state index >= 15 is 0 Å². The molecule has 0 spiro atoms. The Labute approximate surface area is 132 Å². The minimum absolute atomic E-state index is 0.125. The van der Waals surface area contributed by atoms with Crippen LogP contribution in [0.5, 0.6) is 0 Å². The van der Waals surface area contributed by atoms with E-state index in [1.54, 1.807) is 30.5 Å². The molecule has 3 rings (SSSR count). The quantitative estimate of drug-likeness (QED) is 0.680. The molecule has 0 radical (unpaired) electrons. The fourth-order valence-corrected chi connectivity index (χ4v) is 2.13. The number of furan rings is 1. The zero-order valence-corrected chi connectivity index (χ0v) is 12.3. The highest BCUT2D eigenvalue weighted by Crippen LogP contribution is 2.11. The van der Waals surface area contributed by atoms with Gasteiger partial charge in [-0.05, 0) is 23.8 Å². The lowest BCUT2D eigenvalue weighted by Gasteiger charge is -2.03. The molecular weight excluding hydrogens is 294 g/mol. The maximum atomic E-state index is 12.0. The van der Waals surface area contributed by atoms with Crippen molar-refractivity contribution in [1.82, 2.24) is 4.57 Å². The molecule has 3 aromatic rings. The summed E-state index contributed by atoms with van der Waals surface area (Å²) < 4.78 is 12.2. The van der Waals surface area contributed by atoms with Crippen LogP contribution in [0.25, 0.3) is 0 Å². The van der Waals surface area contributed by atoms with Crippen molar-refractivity contribution < 1.29 is 13.9 Å². The highest BCUT2D eigenvalue weighted by atomic mass is 16.5. The predicted octanol–water partition coefficient (Wildman–Crippen LogP) is 2.85. The van der Waals surface area contributed by atoms with E-state index in [9.17, 15) is 9.59 Å². The number of benzene rings is 1. The zero-order valence-electron chi connectivity index (χ0n) is 12.3. The Hall–Kier alpha value is -3.08. The summed E-state index contributed by atoms with van der Waals surface area (Å²) in [7, 11) is 0. The second kappa shape index (κ2) is 6.79. The van der Waals surface area contributed by atoms with Crippen LogP contribution in [0.4, 0.5) is 0 Å². The van der Waals surface area contributed by atoms with Crippen LogP contribution in [0.2, 0.25) is 0 Å². The average molecular weight is 309 g/mol. The van der Waals surface area contributed by atoms with Gasteiger partial charge in [0.15, 0.2) is 0 Å². The number of esters is 1. The van der Waals surface area contributed by atoms with Gasteiger partial charge in [0.05, 0.1) is 6.54 Å². The summed E-state index contributed by atoms with van der Waals surface area (Å²) in [5, 5.41) is 0. The third kappa shape index (κ3) is 3.77. The Bertz CT molecular complexity index is 848. The summed E-state index contributed by atoms with van der Waals surface area (Å²) in [5.74, 6) is 0.116. The number of carbonyl (C=O) groups is 1. The fraction of sp³-hybridized carbons (Fsp3) is 0.111. The third-order valence-corrected chi connectivity index (χ3v) is 3.30. The van der Waals surface area contributed by atoms with Crippen LogP contribution >= 0.6 is 0 Å². The van der Waals surface area contributed by atoms with Gasteiger partial charge in [-0.2, -0.15) is 0 Å². The van der Waals surface area contributed by atoms with Crippen LogP contribution in [0.3, 0.4) is 0 Å². The molecule has 0 aliphatic rings. The van der Waals surface area contributed by atoms with Gasteiger partial charge < -0.3 is 13.7 Å². The van der Waals surface area contributed by atoms with Crippen LogP contribution < -0.4 is 5.56 Å². The molecule has 5 heteroatoms. The van der Waals surface area contributed by atoms with Crippen LogP contribution in [0.15, 0.2) is 76.1 Å². The molecule has 0 saturated carbocycles. The normalized spacial score (nSPS) is 10.4. The van der Waals surface area contributed by atoms with E-state index in [-0.39, 0.29) is 24.5 Å². The molecule has 2 heterocycles. The molecule has 0 amide bonds. The molecule has 2 aromatic heterocycles. The SMILES string of the molecule is O=C(OCc1ccccc1)c1ccc(Cn2ccccc2=O)o1. The Morgan fingerprint density at radius 1 is 1.00 bits per heavy atom. The van der Waals surface area contributed by atoms with Crippen LogP contribution in [-0.2, 0) is 17.9 Å². The number of pyridine rings is 1. The van der Waals surface area contributed by atoms with E-state index < -0.39 is 5.97 Å². The minimum Gasteiger partial charge on any atom is -0.455 e. The number of aromatic nitrogens is 1. The van der Waals surface area contributed by atoms with Gasteiger partial charge in [0, 0.05) is 12.3 Å². The van der Waals surface area contributed by atoms with Crippen molar-refractivity contribution in [3.8, 4) is 0 Å². The molecule has 0 aliphatic heterocycles. The number of nitrogens with zero attached hydrogens (tertiary/aromatic N) is 1. The molecule has 0 saturated heterocycles. The molecule has 0 unspecified atom stereocenters. The van der Waals surface area contributed by atoms with Gasteiger partial charge in [-0.15, -0.1) is 0 Å². The Balaban J connectivity index is 1.63. The predicted molar refractivity (Wildman–Crippen MR) is 84.1 cm³/mol. The summed E-state index contributed by atoms with van der Waals surface area (Å²) in [6, 6.07) is 17.5. The summed E-state index contributed by atoms with van der Waals surface area (Å²) in [4.78, 5) is 23.6. The first-order valence-electron chi connectivity index (χ1n) is 7.17. The molecule has 0 fully saturated rings. The first kappa shape index (κ1) is 14.8. The molecular formula is C18H15NO4. The first-order chi connectivity index (χ1) is 11.2. The summed E-state index contributed by atoms with van der Waals surface area (Å²) >= 11 is 0. The molecule has 0 aliphatic carbocycles. The molecule has 1 aromatic carbocycles. The number of carbonyl (C=O) groups excluding carboxylic acids is 1. The van der Waals surface area contributed by atoms with Gasteiger partial charge in [-0.1, -0.05) is 36.4 Å². The van der Waals surface area contributed by atoms with E-state index in [0.29, 0.717) is 5.76 Å². The highest BCUT2D eigenvalue weighted by molar-refractivity contribution is 5.86. The van der Waals surface area contributed by atoms with Gasteiger partial charge in [-0.3, -0.25) is 4.79 Å². The van der Waals surface area contributed by atoms with Crippen molar-refractivity contribution in [2.45, 2.75) is 13.2 Å². The molecule has 116 valence electrons. The van der Waals surface area contributed by atoms with Crippen molar-refractivity contribution in [1.29, 1.82) is 0 Å². The standard InChI is InChI=1S/C18H15NO4/c20-17-8-4-5-11-19(17)12-15-9-10-16(23-15)18(21)22-13-14-6-2-1-3-7-14/h1-11H,12-13H2. The van der Waals surface area contributed by atoms with Crippen molar-refractivity contribution in [2.75, 3.05) is 0 Å². The first-order valence-corrected chi connectivity index (χ1v) is 7.17. The summed E-state index contributed by atoms with van der Waals surface area (Å²) in [5.41, 5.74) is 0.778. The maximum absolute atomic E-state index is 12.0.